The van der Waals surface area contributed by atoms with Crippen LogP contribution in [0.15, 0.2) is 71.9 Å². The Bertz CT molecular complexity index is 749. The second-order valence-electron chi connectivity index (χ2n) is 5.06. The molecule has 3 aromatic rings. The van der Waals surface area contributed by atoms with Crippen LogP contribution in [0.2, 0.25) is 0 Å². The van der Waals surface area contributed by atoms with Crippen molar-refractivity contribution in [2.24, 2.45) is 0 Å². The Balaban J connectivity index is 1.60. The molecule has 0 bridgehead atoms. The maximum absolute atomic E-state index is 12.6. The molecular weight excluding hydrogens is 322 g/mol. The molecule has 0 aliphatic rings. The summed E-state index contributed by atoms with van der Waals surface area (Å²) in [6, 6.07) is 19.0. The van der Waals surface area contributed by atoms with Crippen LogP contribution in [0.25, 0.3) is 0 Å². The van der Waals surface area contributed by atoms with Gasteiger partial charge < -0.3 is 5.32 Å². The molecule has 0 aliphatic carbocycles. The van der Waals surface area contributed by atoms with Gasteiger partial charge in [-0.2, -0.15) is 0 Å². The Morgan fingerprint density at radius 1 is 1.08 bits per heavy atom. The van der Waals surface area contributed by atoms with E-state index in [2.05, 4.69) is 33.0 Å². The predicted molar refractivity (Wildman–Crippen MR) is 92.6 cm³/mol. The highest BCUT2D eigenvalue weighted by Gasteiger charge is 2.23. The number of nitrogens with one attached hydrogen (secondary N) is 1. The molecule has 0 fully saturated rings. The smallest absolute Gasteiger partial charge is 0.249 e. The molecule has 122 valence electrons. The van der Waals surface area contributed by atoms with Gasteiger partial charge in [0.25, 0.3) is 0 Å². The number of rotatable bonds is 7. The summed E-state index contributed by atoms with van der Waals surface area (Å²) < 4.78 is 1.47. The van der Waals surface area contributed by atoms with E-state index >= 15 is 0 Å². The summed E-state index contributed by atoms with van der Waals surface area (Å²) in [5, 5.41) is 14.1. The van der Waals surface area contributed by atoms with E-state index in [0.717, 1.165) is 11.3 Å². The molecule has 0 radical (unpaired) electrons. The van der Waals surface area contributed by atoms with E-state index in [1.807, 2.05) is 48.5 Å². The van der Waals surface area contributed by atoms with E-state index in [-0.39, 0.29) is 5.91 Å². The predicted octanol–water partition coefficient (Wildman–Crippen LogP) is 2.17. The molecular formula is C17H17N5OS. The van der Waals surface area contributed by atoms with Crippen LogP contribution < -0.4 is 5.32 Å². The molecule has 1 atom stereocenters. The molecule has 1 amide bonds. The molecule has 0 saturated heterocycles. The average molecular weight is 339 g/mol. The highest BCUT2D eigenvalue weighted by Crippen LogP contribution is 2.18. The number of tetrazole rings is 1. The molecule has 1 N–H and O–H groups in total. The van der Waals surface area contributed by atoms with E-state index in [4.69, 9.17) is 0 Å². The number of carbonyl (C=O) groups is 1. The summed E-state index contributed by atoms with van der Waals surface area (Å²) in [4.78, 5) is 13.8. The minimum atomic E-state index is -0.567. The molecule has 1 heterocycles. The molecule has 0 saturated carbocycles. The van der Waals surface area contributed by atoms with Gasteiger partial charge in [-0.05, 0) is 28.1 Å². The summed E-state index contributed by atoms with van der Waals surface area (Å²) in [5.41, 5.74) is 0.845. The minimum Gasteiger partial charge on any atom is -0.353 e. The van der Waals surface area contributed by atoms with Gasteiger partial charge in [-0.3, -0.25) is 4.79 Å². The summed E-state index contributed by atoms with van der Waals surface area (Å²) >= 11 is 1.71. The van der Waals surface area contributed by atoms with Gasteiger partial charge in [0.15, 0.2) is 6.04 Å². The first-order valence-electron chi connectivity index (χ1n) is 7.57. The molecule has 1 unspecified atom stereocenters. The Morgan fingerprint density at radius 2 is 1.79 bits per heavy atom. The molecule has 7 heteroatoms. The van der Waals surface area contributed by atoms with Crippen molar-refractivity contribution in [2.75, 3.05) is 12.3 Å². The zero-order chi connectivity index (χ0) is 16.6. The number of nitrogens with zero attached hydrogens (tertiary/aromatic N) is 4. The van der Waals surface area contributed by atoms with Gasteiger partial charge in [-0.25, -0.2) is 4.68 Å². The summed E-state index contributed by atoms with van der Waals surface area (Å²) in [5.74, 6) is 0.675. The van der Waals surface area contributed by atoms with Crippen molar-refractivity contribution >= 4 is 17.7 Å². The van der Waals surface area contributed by atoms with Crippen LogP contribution in [0.5, 0.6) is 0 Å². The van der Waals surface area contributed by atoms with Crippen LogP contribution in [0.3, 0.4) is 0 Å². The van der Waals surface area contributed by atoms with Gasteiger partial charge in [0.1, 0.15) is 6.33 Å². The van der Waals surface area contributed by atoms with Crippen LogP contribution in [-0.2, 0) is 4.79 Å². The van der Waals surface area contributed by atoms with Gasteiger partial charge in [-0.15, -0.1) is 16.9 Å². The van der Waals surface area contributed by atoms with Crippen LogP contribution >= 0.6 is 11.8 Å². The van der Waals surface area contributed by atoms with Crippen LogP contribution in [0.4, 0.5) is 0 Å². The maximum Gasteiger partial charge on any atom is 0.249 e. The highest BCUT2D eigenvalue weighted by molar-refractivity contribution is 7.99. The lowest BCUT2D eigenvalue weighted by Crippen LogP contribution is -2.35. The van der Waals surface area contributed by atoms with Crippen molar-refractivity contribution in [1.29, 1.82) is 0 Å². The summed E-state index contributed by atoms with van der Waals surface area (Å²) in [6.07, 6.45) is 1.45. The number of hydrogen-bond acceptors (Lipinski definition) is 5. The Hall–Kier alpha value is -2.67. The first kappa shape index (κ1) is 16.2. The Labute approximate surface area is 144 Å². The topological polar surface area (TPSA) is 72.7 Å². The fourth-order valence-electron chi connectivity index (χ4n) is 2.30. The third-order valence-corrected chi connectivity index (χ3v) is 4.42. The zero-order valence-corrected chi connectivity index (χ0v) is 13.8. The van der Waals surface area contributed by atoms with E-state index in [1.54, 1.807) is 11.8 Å². The lowest BCUT2D eigenvalue weighted by Gasteiger charge is -2.16. The van der Waals surface area contributed by atoms with E-state index in [0.29, 0.717) is 6.54 Å². The maximum atomic E-state index is 12.6. The summed E-state index contributed by atoms with van der Waals surface area (Å²) in [7, 11) is 0. The fraction of sp³-hybridized carbons (Fsp3) is 0.176. The SMILES string of the molecule is O=C(NCCSc1ccccc1)C(c1ccccc1)n1cnnn1. The average Bonchev–Trinajstić information content (AvgIpc) is 3.15. The van der Waals surface area contributed by atoms with Gasteiger partial charge >= 0.3 is 0 Å². The lowest BCUT2D eigenvalue weighted by molar-refractivity contribution is -0.123. The molecule has 1 aromatic heterocycles. The van der Waals surface area contributed by atoms with Crippen LogP contribution in [-0.4, -0.2) is 38.4 Å². The number of hydrogen-bond donors (Lipinski definition) is 1. The van der Waals surface area contributed by atoms with Gasteiger partial charge in [0.2, 0.25) is 5.91 Å². The Kier molecular flexibility index (Phi) is 5.57. The Morgan fingerprint density at radius 3 is 2.46 bits per heavy atom. The van der Waals surface area contributed by atoms with E-state index in [9.17, 15) is 4.79 Å². The molecule has 24 heavy (non-hydrogen) atoms. The minimum absolute atomic E-state index is 0.123. The molecule has 3 rings (SSSR count). The van der Waals surface area contributed by atoms with Crippen molar-refractivity contribution < 1.29 is 4.79 Å². The van der Waals surface area contributed by atoms with Crippen molar-refractivity contribution in [3.05, 3.63) is 72.6 Å². The van der Waals surface area contributed by atoms with Gasteiger partial charge in [0, 0.05) is 17.2 Å². The quantitative estimate of drug-likeness (QED) is 0.527. The lowest BCUT2D eigenvalue weighted by atomic mass is 10.1. The first-order chi connectivity index (χ1) is 11.8. The van der Waals surface area contributed by atoms with Gasteiger partial charge in [0.05, 0.1) is 0 Å². The van der Waals surface area contributed by atoms with Crippen LogP contribution in [0.1, 0.15) is 11.6 Å². The van der Waals surface area contributed by atoms with Crippen molar-refractivity contribution in [3.63, 3.8) is 0 Å². The highest BCUT2D eigenvalue weighted by atomic mass is 32.2. The summed E-state index contributed by atoms with van der Waals surface area (Å²) in [6.45, 7) is 0.573. The molecule has 2 aromatic carbocycles. The standard InChI is InChI=1S/C17H17N5OS/c23-17(18-11-12-24-15-9-5-2-6-10-15)16(22-13-19-20-21-22)14-7-3-1-4-8-14/h1-10,13,16H,11-12H2,(H,18,23). The van der Waals surface area contributed by atoms with Crippen molar-refractivity contribution in [3.8, 4) is 0 Å². The number of aromatic nitrogens is 4. The third-order valence-electron chi connectivity index (χ3n) is 3.41. The van der Waals surface area contributed by atoms with E-state index < -0.39 is 6.04 Å². The number of amides is 1. The third kappa shape index (κ3) is 4.20. The fourth-order valence-corrected chi connectivity index (χ4v) is 3.09. The van der Waals surface area contributed by atoms with Crippen molar-refractivity contribution in [1.82, 2.24) is 25.5 Å². The zero-order valence-electron chi connectivity index (χ0n) is 12.9. The number of thioether (sulfide) groups is 1. The molecule has 0 spiro atoms. The monoisotopic (exact) mass is 339 g/mol. The molecule has 0 aliphatic heterocycles. The second-order valence-corrected chi connectivity index (χ2v) is 6.22. The van der Waals surface area contributed by atoms with E-state index in [1.165, 1.54) is 15.9 Å². The first-order valence-corrected chi connectivity index (χ1v) is 8.56. The number of benzene rings is 2. The normalized spacial score (nSPS) is 11.8. The van der Waals surface area contributed by atoms with Crippen molar-refractivity contribution in [2.45, 2.75) is 10.9 Å². The van der Waals surface area contributed by atoms with Crippen LogP contribution in [0, 0.1) is 0 Å². The molecule has 6 nitrogen and oxygen atoms in total. The van der Waals surface area contributed by atoms with Gasteiger partial charge in [-0.1, -0.05) is 48.5 Å². The second kappa shape index (κ2) is 8.26. The number of carbonyl (C=O) groups excluding carboxylic acids is 1. The largest absolute Gasteiger partial charge is 0.353 e.